The van der Waals surface area contributed by atoms with Gasteiger partial charge >= 0.3 is 0 Å². The van der Waals surface area contributed by atoms with Gasteiger partial charge in [0.2, 0.25) is 0 Å². The maximum absolute atomic E-state index is 5.13. The first-order chi connectivity index (χ1) is 6.30. The van der Waals surface area contributed by atoms with Crippen LogP contribution in [-0.2, 0) is 5.54 Å². The van der Waals surface area contributed by atoms with E-state index in [1.165, 1.54) is 18.4 Å². The van der Waals surface area contributed by atoms with E-state index in [4.69, 9.17) is 4.74 Å². The van der Waals surface area contributed by atoms with Crippen LogP contribution in [-0.4, -0.2) is 19.1 Å². The van der Waals surface area contributed by atoms with Crippen molar-refractivity contribution in [2.24, 2.45) is 0 Å². The lowest BCUT2D eigenvalue weighted by atomic mass is 10.1. The van der Waals surface area contributed by atoms with Crippen molar-refractivity contribution in [1.82, 2.24) is 10.3 Å². The van der Waals surface area contributed by atoms with Crippen LogP contribution < -0.4 is 10.1 Å². The van der Waals surface area contributed by atoms with Gasteiger partial charge in [-0.1, -0.05) is 0 Å². The standard InChI is InChI=1S/C10H14N2O/c1-11-10(3-4-10)8-5-9(13-2)7-12-6-8/h5-7,11H,3-4H2,1-2H3. The zero-order valence-corrected chi connectivity index (χ0v) is 8.00. The largest absolute Gasteiger partial charge is 0.495 e. The first-order valence-corrected chi connectivity index (χ1v) is 4.49. The smallest absolute Gasteiger partial charge is 0.137 e. The van der Waals surface area contributed by atoms with Crippen molar-refractivity contribution in [3.8, 4) is 5.75 Å². The first kappa shape index (κ1) is 8.51. The van der Waals surface area contributed by atoms with Gasteiger partial charge in [-0.2, -0.15) is 0 Å². The molecule has 1 saturated carbocycles. The van der Waals surface area contributed by atoms with Crippen LogP contribution in [0.25, 0.3) is 0 Å². The van der Waals surface area contributed by atoms with Crippen molar-refractivity contribution in [2.45, 2.75) is 18.4 Å². The zero-order valence-electron chi connectivity index (χ0n) is 8.00. The summed E-state index contributed by atoms with van der Waals surface area (Å²) in [5, 5.41) is 3.32. The molecule has 0 unspecified atom stereocenters. The van der Waals surface area contributed by atoms with Crippen LogP contribution in [0.1, 0.15) is 18.4 Å². The Balaban J connectivity index is 2.30. The number of pyridine rings is 1. The predicted molar refractivity (Wildman–Crippen MR) is 50.8 cm³/mol. The van der Waals surface area contributed by atoms with E-state index in [0.717, 1.165) is 5.75 Å². The highest BCUT2D eigenvalue weighted by atomic mass is 16.5. The maximum atomic E-state index is 5.13. The highest BCUT2D eigenvalue weighted by Gasteiger charge is 2.43. The highest BCUT2D eigenvalue weighted by molar-refractivity contribution is 5.33. The molecule has 1 aromatic heterocycles. The van der Waals surface area contributed by atoms with Crippen LogP contribution >= 0.6 is 0 Å². The van der Waals surface area contributed by atoms with E-state index in [1.807, 2.05) is 13.2 Å². The van der Waals surface area contributed by atoms with Crippen molar-refractivity contribution in [1.29, 1.82) is 0 Å². The normalized spacial score (nSPS) is 18.3. The van der Waals surface area contributed by atoms with Crippen LogP contribution in [0.15, 0.2) is 18.5 Å². The molecule has 13 heavy (non-hydrogen) atoms. The summed E-state index contributed by atoms with van der Waals surface area (Å²) >= 11 is 0. The molecule has 2 rings (SSSR count). The molecule has 1 aliphatic carbocycles. The molecule has 1 fully saturated rings. The first-order valence-electron chi connectivity index (χ1n) is 4.49. The van der Waals surface area contributed by atoms with Gasteiger partial charge in [0.1, 0.15) is 5.75 Å². The molecule has 1 heterocycles. The summed E-state index contributed by atoms with van der Waals surface area (Å²) in [6, 6.07) is 2.05. The lowest BCUT2D eigenvalue weighted by Crippen LogP contribution is -2.24. The third kappa shape index (κ3) is 1.40. The number of aromatic nitrogens is 1. The van der Waals surface area contributed by atoms with Gasteiger partial charge in [0.05, 0.1) is 13.3 Å². The Labute approximate surface area is 78.1 Å². The zero-order chi connectivity index (χ0) is 9.31. The molecule has 0 aromatic carbocycles. The van der Waals surface area contributed by atoms with Crippen LogP contribution in [0.4, 0.5) is 0 Å². The van der Waals surface area contributed by atoms with E-state index >= 15 is 0 Å². The molecule has 3 nitrogen and oxygen atoms in total. The monoisotopic (exact) mass is 178 g/mol. The van der Waals surface area contributed by atoms with Gasteiger partial charge in [0.15, 0.2) is 0 Å². The lowest BCUT2D eigenvalue weighted by Gasteiger charge is -2.14. The quantitative estimate of drug-likeness (QED) is 0.757. The maximum Gasteiger partial charge on any atom is 0.137 e. The fourth-order valence-corrected chi connectivity index (χ4v) is 1.60. The summed E-state index contributed by atoms with van der Waals surface area (Å²) in [4.78, 5) is 4.14. The van der Waals surface area contributed by atoms with Gasteiger partial charge in [-0.15, -0.1) is 0 Å². The number of methoxy groups -OCH3 is 1. The van der Waals surface area contributed by atoms with Gasteiger partial charge in [-0.25, -0.2) is 0 Å². The molecule has 0 saturated heterocycles. The van der Waals surface area contributed by atoms with Gasteiger partial charge in [-0.3, -0.25) is 4.98 Å². The van der Waals surface area contributed by atoms with Crippen LogP contribution in [0.5, 0.6) is 5.75 Å². The third-order valence-corrected chi connectivity index (χ3v) is 2.73. The van der Waals surface area contributed by atoms with Crippen molar-refractivity contribution in [3.05, 3.63) is 24.0 Å². The topological polar surface area (TPSA) is 34.2 Å². The molecule has 0 aliphatic heterocycles. The Bertz CT molecular complexity index is 308. The van der Waals surface area contributed by atoms with Gasteiger partial charge < -0.3 is 10.1 Å². The van der Waals surface area contributed by atoms with E-state index in [-0.39, 0.29) is 5.54 Å². The number of nitrogens with zero attached hydrogens (tertiary/aromatic N) is 1. The number of nitrogens with one attached hydrogen (secondary N) is 1. The molecular weight excluding hydrogens is 164 g/mol. The van der Waals surface area contributed by atoms with Crippen molar-refractivity contribution >= 4 is 0 Å². The average Bonchev–Trinajstić information content (AvgIpc) is 2.99. The summed E-state index contributed by atoms with van der Waals surface area (Å²) in [7, 11) is 3.66. The molecule has 3 heteroatoms. The minimum absolute atomic E-state index is 0.182. The van der Waals surface area contributed by atoms with Gasteiger partial charge in [0.25, 0.3) is 0 Å². The third-order valence-electron chi connectivity index (χ3n) is 2.73. The van der Waals surface area contributed by atoms with Crippen LogP contribution in [0.3, 0.4) is 0 Å². The Kier molecular flexibility index (Phi) is 1.96. The highest BCUT2D eigenvalue weighted by Crippen LogP contribution is 2.45. The van der Waals surface area contributed by atoms with E-state index in [9.17, 15) is 0 Å². The second-order valence-corrected chi connectivity index (χ2v) is 3.45. The second kappa shape index (κ2) is 3.00. The Morgan fingerprint density at radius 3 is 2.77 bits per heavy atom. The fourth-order valence-electron chi connectivity index (χ4n) is 1.60. The van der Waals surface area contributed by atoms with Crippen molar-refractivity contribution < 1.29 is 4.74 Å². The Morgan fingerprint density at radius 2 is 2.23 bits per heavy atom. The van der Waals surface area contributed by atoms with Crippen LogP contribution in [0, 0.1) is 0 Å². The molecule has 1 N–H and O–H groups in total. The Morgan fingerprint density at radius 1 is 1.46 bits per heavy atom. The molecule has 0 atom stereocenters. The van der Waals surface area contributed by atoms with Crippen molar-refractivity contribution in [2.75, 3.05) is 14.2 Å². The van der Waals surface area contributed by atoms with Gasteiger partial charge in [0, 0.05) is 11.7 Å². The molecule has 0 spiro atoms. The van der Waals surface area contributed by atoms with Crippen molar-refractivity contribution in [3.63, 3.8) is 0 Å². The summed E-state index contributed by atoms with van der Waals surface area (Å²) in [5.41, 5.74) is 1.41. The molecule has 1 aromatic rings. The number of hydrogen-bond donors (Lipinski definition) is 1. The molecule has 0 bridgehead atoms. The van der Waals surface area contributed by atoms with E-state index < -0.39 is 0 Å². The van der Waals surface area contributed by atoms with E-state index in [1.54, 1.807) is 13.3 Å². The number of ether oxygens (including phenoxy) is 1. The summed E-state index contributed by atoms with van der Waals surface area (Å²) in [6.07, 6.45) is 6.03. The second-order valence-electron chi connectivity index (χ2n) is 3.45. The van der Waals surface area contributed by atoms with Gasteiger partial charge in [-0.05, 0) is 31.5 Å². The van der Waals surface area contributed by atoms with E-state index in [2.05, 4.69) is 16.4 Å². The molecule has 1 aliphatic rings. The molecule has 0 amide bonds. The fraction of sp³-hybridized carbons (Fsp3) is 0.500. The minimum atomic E-state index is 0.182. The molecular formula is C10H14N2O. The average molecular weight is 178 g/mol. The van der Waals surface area contributed by atoms with Crippen LogP contribution in [0.2, 0.25) is 0 Å². The van der Waals surface area contributed by atoms with E-state index in [0.29, 0.717) is 0 Å². The summed E-state index contributed by atoms with van der Waals surface area (Å²) < 4.78 is 5.13. The minimum Gasteiger partial charge on any atom is -0.495 e. The summed E-state index contributed by atoms with van der Waals surface area (Å²) in [5.74, 6) is 0.832. The SMILES string of the molecule is CNC1(c2cncc(OC)c2)CC1. The predicted octanol–water partition coefficient (Wildman–Crippen LogP) is 1.30. The summed E-state index contributed by atoms with van der Waals surface area (Å²) in [6.45, 7) is 0. The number of hydrogen-bond acceptors (Lipinski definition) is 3. The molecule has 0 radical (unpaired) electrons. The lowest BCUT2D eigenvalue weighted by molar-refractivity contribution is 0.410. The number of rotatable bonds is 3. The Hall–Kier alpha value is -1.09. The molecule has 70 valence electrons.